The topological polar surface area (TPSA) is 65.4 Å². The molecular weight excluding hydrogens is 320 g/mol. The molecule has 2 rings (SSSR count). The third kappa shape index (κ3) is 5.57. The van der Waals surface area contributed by atoms with Crippen molar-refractivity contribution in [3.63, 3.8) is 0 Å². The summed E-state index contributed by atoms with van der Waals surface area (Å²) in [7, 11) is 5.74. The fourth-order valence-electron chi connectivity index (χ4n) is 3.03. The minimum absolute atomic E-state index is 0.449. The summed E-state index contributed by atoms with van der Waals surface area (Å²) in [5.41, 5.74) is 0.0362. The maximum atomic E-state index is 10.1. The highest BCUT2D eigenvalue weighted by Crippen LogP contribution is 2.33. The van der Waals surface area contributed by atoms with Gasteiger partial charge in [0, 0.05) is 31.7 Å². The normalized spacial score (nSPS) is 24.5. The zero-order valence-corrected chi connectivity index (χ0v) is 15.9. The van der Waals surface area contributed by atoms with E-state index in [9.17, 15) is 10.2 Å². The van der Waals surface area contributed by atoms with Gasteiger partial charge in [-0.05, 0) is 39.9 Å². The third-order valence-electron chi connectivity index (χ3n) is 4.75. The molecule has 6 nitrogen and oxygen atoms in total. The zero-order chi connectivity index (χ0) is 18.4. The molecule has 25 heavy (non-hydrogen) atoms. The van der Waals surface area contributed by atoms with Gasteiger partial charge in [0.05, 0.1) is 25.4 Å². The predicted molar refractivity (Wildman–Crippen MR) is 98.2 cm³/mol. The number of methoxy groups -OCH3 is 1. The van der Waals surface area contributed by atoms with Gasteiger partial charge < -0.3 is 24.6 Å². The first-order valence-corrected chi connectivity index (χ1v) is 8.89. The number of hydrogen-bond donors (Lipinski definition) is 2. The van der Waals surface area contributed by atoms with Crippen LogP contribution < -0.4 is 9.47 Å². The van der Waals surface area contributed by atoms with E-state index in [1.54, 1.807) is 14.0 Å². The van der Waals surface area contributed by atoms with Crippen LogP contribution in [-0.4, -0.2) is 79.2 Å². The van der Waals surface area contributed by atoms with Gasteiger partial charge in [0.25, 0.3) is 0 Å². The molecule has 142 valence electrons. The summed E-state index contributed by atoms with van der Waals surface area (Å²) in [6, 6.07) is 5.89. The number of piperidine rings is 1. The van der Waals surface area contributed by atoms with Crippen molar-refractivity contribution >= 4 is 0 Å². The Labute approximate surface area is 151 Å². The fourth-order valence-corrected chi connectivity index (χ4v) is 3.03. The standard InChI is InChI=1S/C19H32N2O4/c1-19(23)9-11-21(14-17(19)22)13-15-7-5-8-16(24-4)18(15)25-12-6-10-20(2)3/h5,7-8,17,22-23H,6,9-14H2,1-4H3/t17-,19-/m1/s1. The number of benzene rings is 1. The maximum absolute atomic E-state index is 10.1. The smallest absolute Gasteiger partial charge is 0.165 e. The largest absolute Gasteiger partial charge is 0.493 e. The second kappa shape index (κ2) is 8.85. The summed E-state index contributed by atoms with van der Waals surface area (Å²) in [6.45, 7) is 5.14. The SMILES string of the molecule is COc1cccc(CN2CC[C@@](C)(O)[C@H](O)C2)c1OCCCN(C)C. The van der Waals surface area contributed by atoms with Gasteiger partial charge in [-0.3, -0.25) is 4.90 Å². The number of aliphatic hydroxyl groups is 2. The van der Waals surface area contributed by atoms with Crippen LogP contribution in [0.15, 0.2) is 18.2 Å². The molecule has 1 aliphatic heterocycles. The van der Waals surface area contributed by atoms with E-state index in [-0.39, 0.29) is 0 Å². The van der Waals surface area contributed by atoms with Gasteiger partial charge >= 0.3 is 0 Å². The van der Waals surface area contributed by atoms with Crippen LogP contribution in [0.1, 0.15) is 25.3 Å². The highest BCUT2D eigenvalue weighted by atomic mass is 16.5. The lowest BCUT2D eigenvalue weighted by molar-refractivity contribution is -0.108. The monoisotopic (exact) mass is 352 g/mol. The molecule has 1 aromatic carbocycles. The third-order valence-corrected chi connectivity index (χ3v) is 4.75. The molecule has 0 spiro atoms. The number of ether oxygens (including phenoxy) is 2. The molecule has 2 atom stereocenters. The fraction of sp³-hybridized carbons (Fsp3) is 0.684. The molecule has 0 aliphatic carbocycles. The van der Waals surface area contributed by atoms with E-state index in [1.165, 1.54) is 0 Å². The van der Waals surface area contributed by atoms with Crippen LogP contribution in [-0.2, 0) is 6.54 Å². The summed E-state index contributed by atoms with van der Waals surface area (Å²) in [4.78, 5) is 4.28. The molecule has 0 aromatic heterocycles. The Morgan fingerprint density at radius 2 is 2.12 bits per heavy atom. The van der Waals surface area contributed by atoms with Crippen molar-refractivity contribution in [1.29, 1.82) is 0 Å². The number of β-amino-alcohol motifs (C(OH)–C–C–N with tert-alkyl or cyclic N) is 1. The lowest BCUT2D eigenvalue weighted by Gasteiger charge is -2.40. The van der Waals surface area contributed by atoms with E-state index in [1.807, 2.05) is 32.3 Å². The minimum Gasteiger partial charge on any atom is -0.493 e. The lowest BCUT2D eigenvalue weighted by atomic mass is 9.90. The minimum atomic E-state index is -1.00. The molecule has 0 bridgehead atoms. The van der Waals surface area contributed by atoms with Gasteiger partial charge in [-0.2, -0.15) is 0 Å². The molecule has 0 radical (unpaired) electrons. The number of rotatable bonds is 8. The molecule has 1 heterocycles. The van der Waals surface area contributed by atoms with Gasteiger partial charge in [0.1, 0.15) is 0 Å². The second-order valence-electron chi connectivity index (χ2n) is 7.31. The second-order valence-corrected chi connectivity index (χ2v) is 7.31. The molecule has 0 amide bonds. The summed E-state index contributed by atoms with van der Waals surface area (Å²) in [5, 5.41) is 20.3. The first kappa shape index (κ1) is 20.0. The van der Waals surface area contributed by atoms with Crippen molar-refractivity contribution in [3.05, 3.63) is 23.8 Å². The zero-order valence-electron chi connectivity index (χ0n) is 15.9. The molecule has 6 heteroatoms. The summed E-state index contributed by atoms with van der Waals surface area (Å²) >= 11 is 0. The van der Waals surface area contributed by atoms with E-state index in [4.69, 9.17) is 9.47 Å². The Bertz CT molecular complexity index is 548. The molecule has 1 aromatic rings. The van der Waals surface area contributed by atoms with Crippen molar-refractivity contribution < 1.29 is 19.7 Å². The molecule has 1 saturated heterocycles. The van der Waals surface area contributed by atoms with Crippen molar-refractivity contribution in [3.8, 4) is 11.5 Å². The van der Waals surface area contributed by atoms with Crippen molar-refractivity contribution in [2.75, 3.05) is 47.4 Å². The molecule has 0 unspecified atom stereocenters. The molecule has 0 saturated carbocycles. The first-order valence-electron chi connectivity index (χ1n) is 8.89. The predicted octanol–water partition coefficient (Wildman–Crippen LogP) is 1.34. The van der Waals surface area contributed by atoms with E-state index in [0.717, 1.165) is 36.6 Å². The Morgan fingerprint density at radius 3 is 2.76 bits per heavy atom. The van der Waals surface area contributed by atoms with Gasteiger partial charge in [-0.1, -0.05) is 12.1 Å². The van der Waals surface area contributed by atoms with Crippen LogP contribution in [0.5, 0.6) is 11.5 Å². The van der Waals surface area contributed by atoms with Crippen LogP contribution in [0.2, 0.25) is 0 Å². The van der Waals surface area contributed by atoms with E-state index >= 15 is 0 Å². The Hall–Kier alpha value is -1.34. The van der Waals surface area contributed by atoms with Crippen LogP contribution in [0.25, 0.3) is 0 Å². The summed E-state index contributed by atoms with van der Waals surface area (Å²) in [6.07, 6.45) is 0.753. The van der Waals surface area contributed by atoms with Gasteiger partial charge in [-0.25, -0.2) is 0 Å². The Morgan fingerprint density at radius 1 is 1.36 bits per heavy atom. The average Bonchev–Trinajstić information content (AvgIpc) is 2.56. The Balaban J connectivity index is 2.04. The van der Waals surface area contributed by atoms with E-state index in [0.29, 0.717) is 26.1 Å². The van der Waals surface area contributed by atoms with Gasteiger partial charge in [0.15, 0.2) is 11.5 Å². The Kier molecular flexibility index (Phi) is 7.07. The number of aliphatic hydroxyl groups excluding tert-OH is 1. The van der Waals surface area contributed by atoms with Crippen molar-refractivity contribution in [1.82, 2.24) is 9.80 Å². The van der Waals surface area contributed by atoms with E-state index < -0.39 is 11.7 Å². The van der Waals surface area contributed by atoms with E-state index in [2.05, 4.69) is 9.80 Å². The molecule has 2 N–H and O–H groups in total. The highest BCUT2D eigenvalue weighted by molar-refractivity contribution is 5.46. The van der Waals surface area contributed by atoms with Crippen LogP contribution in [0.4, 0.5) is 0 Å². The highest BCUT2D eigenvalue weighted by Gasteiger charge is 2.36. The summed E-state index contributed by atoms with van der Waals surface area (Å²) in [5.74, 6) is 1.50. The van der Waals surface area contributed by atoms with Gasteiger partial charge in [-0.15, -0.1) is 0 Å². The number of para-hydroxylation sites is 1. The number of likely N-dealkylation sites (tertiary alicyclic amines) is 1. The first-order chi connectivity index (χ1) is 11.8. The van der Waals surface area contributed by atoms with Gasteiger partial charge in [0.2, 0.25) is 0 Å². The number of nitrogens with zero attached hydrogens (tertiary/aromatic N) is 2. The van der Waals surface area contributed by atoms with Crippen LogP contribution in [0.3, 0.4) is 0 Å². The van der Waals surface area contributed by atoms with Crippen LogP contribution in [0, 0.1) is 0 Å². The summed E-state index contributed by atoms with van der Waals surface area (Å²) < 4.78 is 11.5. The van der Waals surface area contributed by atoms with Crippen LogP contribution >= 0.6 is 0 Å². The number of hydrogen-bond acceptors (Lipinski definition) is 6. The molecule has 1 fully saturated rings. The molecular formula is C19H32N2O4. The lowest BCUT2D eigenvalue weighted by Crippen LogP contribution is -2.53. The average molecular weight is 352 g/mol. The maximum Gasteiger partial charge on any atom is 0.165 e. The molecule has 1 aliphatic rings. The van der Waals surface area contributed by atoms with Crippen molar-refractivity contribution in [2.45, 2.75) is 38.0 Å². The van der Waals surface area contributed by atoms with Crippen molar-refractivity contribution in [2.24, 2.45) is 0 Å². The quantitative estimate of drug-likeness (QED) is 0.689.